The molecule has 0 spiro atoms. The summed E-state index contributed by atoms with van der Waals surface area (Å²) >= 11 is 0. The standard InChI is InChI=1S/C13H18N2/c1-10-5-3-4-6-13(10)15-9-11-7-12(15)8-14(11)2/h3-6,11-12H,7-9H2,1-2H3/t11-,12-/m0/s1. The fourth-order valence-corrected chi connectivity index (χ4v) is 3.05. The molecule has 0 N–H and O–H groups in total. The monoisotopic (exact) mass is 202 g/mol. The average molecular weight is 202 g/mol. The molecule has 1 aromatic carbocycles. The molecule has 2 aliphatic heterocycles. The molecule has 2 heteroatoms. The second-order valence-electron chi connectivity index (χ2n) is 4.92. The van der Waals surface area contributed by atoms with Crippen molar-refractivity contribution in [1.82, 2.24) is 4.90 Å². The van der Waals surface area contributed by atoms with Crippen LogP contribution in [0.5, 0.6) is 0 Å². The number of aryl methyl sites for hydroxylation is 1. The lowest BCUT2D eigenvalue weighted by atomic mass is 10.1. The van der Waals surface area contributed by atoms with Crippen molar-refractivity contribution in [3.8, 4) is 0 Å². The first-order chi connectivity index (χ1) is 7.25. The van der Waals surface area contributed by atoms with E-state index >= 15 is 0 Å². The number of likely N-dealkylation sites (N-methyl/N-ethyl adjacent to an activating group) is 1. The summed E-state index contributed by atoms with van der Waals surface area (Å²) in [7, 11) is 2.25. The Morgan fingerprint density at radius 1 is 1.13 bits per heavy atom. The van der Waals surface area contributed by atoms with E-state index in [1.807, 2.05) is 0 Å². The topological polar surface area (TPSA) is 6.48 Å². The fourth-order valence-electron chi connectivity index (χ4n) is 3.05. The predicted molar refractivity (Wildman–Crippen MR) is 63.3 cm³/mol. The molecule has 2 fully saturated rings. The van der Waals surface area contributed by atoms with Gasteiger partial charge in [-0.15, -0.1) is 0 Å². The van der Waals surface area contributed by atoms with Gasteiger partial charge < -0.3 is 4.90 Å². The van der Waals surface area contributed by atoms with Crippen molar-refractivity contribution in [1.29, 1.82) is 0 Å². The van der Waals surface area contributed by atoms with E-state index in [1.165, 1.54) is 30.8 Å². The van der Waals surface area contributed by atoms with Gasteiger partial charge in [0.2, 0.25) is 0 Å². The molecule has 1 aromatic rings. The van der Waals surface area contributed by atoms with Crippen molar-refractivity contribution >= 4 is 5.69 Å². The predicted octanol–water partition coefficient (Wildman–Crippen LogP) is 1.89. The Kier molecular flexibility index (Phi) is 1.99. The van der Waals surface area contributed by atoms with E-state index in [0.717, 1.165) is 12.1 Å². The summed E-state index contributed by atoms with van der Waals surface area (Å²) in [5.41, 5.74) is 2.85. The van der Waals surface area contributed by atoms with Crippen LogP contribution in [0.15, 0.2) is 24.3 Å². The van der Waals surface area contributed by atoms with Crippen LogP contribution in [0.3, 0.4) is 0 Å². The summed E-state index contributed by atoms with van der Waals surface area (Å²) in [5.74, 6) is 0. The zero-order chi connectivity index (χ0) is 10.4. The zero-order valence-electron chi connectivity index (χ0n) is 9.48. The van der Waals surface area contributed by atoms with E-state index in [0.29, 0.717) is 0 Å². The Bertz CT molecular complexity index is 373. The summed E-state index contributed by atoms with van der Waals surface area (Å²) in [4.78, 5) is 5.10. The number of piperazine rings is 1. The van der Waals surface area contributed by atoms with Crippen LogP contribution in [0, 0.1) is 6.92 Å². The lowest BCUT2D eigenvalue weighted by Crippen LogP contribution is -2.44. The van der Waals surface area contributed by atoms with E-state index in [-0.39, 0.29) is 0 Å². The van der Waals surface area contributed by atoms with Crippen molar-refractivity contribution < 1.29 is 0 Å². The molecule has 2 saturated heterocycles. The molecule has 2 bridgehead atoms. The highest BCUT2D eigenvalue weighted by Gasteiger charge is 2.41. The van der Waals surface area contributed by atoms with E-state index < -0.39 is 0 Å². The van der Waals surface area contributed by atoms with E-state index in [1.54, 1.807) is 0 Å². The van der Waals surface area contributed by atoms with Gasteiger partial charge in [-0.25, -0.2) is 0 Å². The van der Waals surface area contributed by atoms with Crippen LogP contribution in [0.1, 0.15) is 12.0 Å². The maximum absolute atomic E-state index is 2.60. The molecular weight excluding hydrogens is 184 g/mol. The van der Waals surface area contributed by atoms with Gasteiger partial charge in [-0.2, -0.15) is 0 Å². The highest BCUT2D eigenvalue weighted by atomic mass is 15.3. The van der Waals surface area contributed by atoms with Gasteiger partial charge in [0, 0.05) is 30.9 Å². The van der Waals surface area contributed by atoms with Gasteiger partial charge in [0.25, 0.3) is 0 Å². The number of fused-ring (bicyclic) bond motifs is 2. The van der Waals surface area contributed by atoms with Crippen molar-refractivity contribution in [2.75, 3.05) is 25.0 Å². The molecule has 0 saturated carbocycles. The first-order valence-electron chi connectivity index (χ1n) is 5.78. The van der Waals surface area contributed by atoms with Crippen molar-refractivity contribution in [3.63, 3.8) is 0 Å². The Labute approximate surface area is 91.5 Å². The number of nitrogens with zero attached hydrogens (tertiary/aromatic N) is 2. The first kappa shape index (κ1) is 9.22. The molecule has 0 aliphatic carbocycles. The number of anilines is 1. The maximum atomic E-state index is 2.60. The lowest BCUT2D eigenvalue weighted by molar-refractivity contribution is 0.292. The van der Waals surface area contributed by atoms with Crippen LogP contribution in [0.25, 0.3) is 0 Å². The van der Waals surface area contributed by atoms with Crippen LogP contribution < -0.4 is 4.90 Å². The first-order valence-corrected chi connectivity index (χ1v) is 5.78. The SMILES string of the molecule is Cc1ccccc1N1C[C@@H]2C[C@H]1CN2C. The average Bonchev–Trinajstić information content (AvgIpc) is 2.77. The third kappa shape index (κ3) is 1.36. The Morgan fingerprint density at radius 3 is 2.53 bits per heavy atom. The number of benzene rings is 1. The highest BCUT2D eigenvalue weighted by molar-refractivity contribution is 5.55. The minimum atomic E-state index is 0.751. The van der Waals surface area contributed by atoms with Crippen LogP contribution in [0.4, 0.5) is 5.69 Å². The quantitative estimate of drug-likeness (QED) is 0.686. The van der Waals surface area contributed by atoms with E-state index in [2.05, 4.69) is 48.0 Å². The fraction of sp³-hybridized carbons (Fsp3) is 0.538. The van der Waals surface area contributed by atoms with Crippen LogP contribution >= 0.6 is 0 Å². The zero-order valence-corrected chi connectivity index (χ0v) is 9.48. The minimum Gasteiger partial charge on any atom is -0.365 e. The molecular formula is C13H18N2. The molecule has 0 unspecified atom stereocenters. The highest BCUT2D eigenvalue weighted by Crippen LogP contribution is 2.34. The number of para-hydroxylation sites is 1. The van der Waals surface area contributed by atoms with Crippen LogP contribution in [-0.4, -0.2) is 37.1 Å². The smallest absolute Gasteiger partial charge is 0.0433 e. The molecule has 15 heavy (non-hydrogen) atoms. The summed E-state index contributed by atoms with van der Waals surface area (Å²) in [5, 5.41) is 0. The number of hydrogen-bond donors (Lipinski definition) is 0. The van der Waals surface area contributed by atoms with E-state index in [4.69, 9.17) is 0 Å². The number of rotatable bonds is 1. The summed E-state index contributed by atoms with van der Waals surface area (Å²) in [6, 6.07) is 10.3. The lowest BCUT2D eigenvalue weighted by Gasteiger charge is -2.34. The largest absolute Gasteiger partial charge is 0.365 e. The number of likely N-dealkylation sites (tertiary alicyclic amines) is 1. The van der Waals surface area contributed by atoms with Crippen molar-refractivity contribution in [2.45, 2.75) is 25.4 Å². The van der Waals surface area contributed by atoms with Gasteiger partial charge in [0.15, 0.2) is 0 Å². The molecule has 0 aromatic heterocycles. The minimum absolute atomic E-state index is 0.751. The van der Waals surface area contributed by atoms with Gasteiger partial charge in [-0.1, -0.05) is 18.2 Å². The molecule has 80 valence electrons. The van der Waals surface area contributed by atoms with Crippen molar-refractivity contribution in [3.05, 3.63) is 29.8 Å². The van der Waals surface area contributed by atoms with Gasteiger partial charge in [0.05, 0.1) is 0 Å². The molecule has 2 heterocycles. The number of hydrogen-bond acceptors (Lipinski definition) is 2. The summed E-state index contributed by atoms with van der Waals surface area (Å²) < 4.78 is 0. The van der Waals surface area contributed by atoms with Gasteiger partial charge in [-0.3, -0.25) is 4.90 Å². The Balaban J connectivity index is 1.89. The molecule has 0 amide bonds. The second-order valence-corrected chi connectivity index (χ2v) is 4.92. The van der Waals surface area contributed by atoms with Gasteiger partial charge in [-0.05, 0) is 32.0 Å². The molecule has 2 nitrogen and oxygen atoms in total. The second kappa shape index (κ2) is 3.24. The maximum Gasteiger partial charge on any atom is 0.0433 e. The van der Waals surface area contributed by atoms with E-state index in [9.17, 15) is 0 Å². The molecule has 3 rings (SSSR count). The summed E-state index contributed by atoms with van der Waals surface area (Å²) in [6.45, 7) is 4.66. The Morgan fingerprint density at radius 2 is 1.93 bits per heavy atom. The van der Waals surface area contributed by atoms with Crippen molar-refractivity contribution in [2.24, 2.45) is 0 Å². The van der Waals surface area contributed by atoms with Crippen LogP contribution in [0.2, 0.25) is 0 Å². The van der Waals surface area contributed by atoms with Gasteiger partial charge >= 0.3 is 0 Å². The Hall–Kier alpha value is -1.02. The third-order valence-electron chi connectivity index (χ3n) is 3.94. The summed E-state index contributed by atoms with van der Waals surface area (Å²) in [6.07, 6.45) is 1.35. The molecule has 0 radical (unpaired) electrons. The van der Waals surface area contributed by atoms with Gasteiger partial charge in [0.1, 0.15) is 0 Å². The third-order valence-corrected chi connectivity index (χ3v) is 3.94. The van der Waals surface area contributed by atoms with Crippen LogP contribution in [-0.2, 0) is 0 Å². The molecule has 2 atom stereocenters. The normalized spacial score (nSPS) is 30.1. The molecule has 2 aliphatic rings.